The van der Waals surface area contributed by atoms with Crippen LogP contribution in [0.2, 0.25) is 0 Å². The monoisotopic (exact) mass is 1160 g/mol. The molecule has 0 radical (unpaired) electrons. The maximum Gasteiger partial charge on any atom is 0.335 e. The fourth-order valence-corrected chi connectivity index (χ4v) is 9.80. The van der Waals surface area contributed by atoms with Crippen molar-refractivity contribution in [2.45, 2.75) is 327 Å². The van der Waals surface area contributed by atoms with Crippen molar-refractivity contribution >= 4 is 23.9 Å². The van der Waals surface area contributed by atoms with Crippen molar-refractivity contribution in [2.75, 3.05) is 13.2 Å². The molecular formula is C71H120O12. The highest BCUT2D eigenvalue weighted by Gasteiger charge is 2.50. The van der Waals surface area contributed by atoms with E-state index >= 15 is 0 Å². The van der Waals surface area contributed by atoms with Crippen molar-refractivity contribution in [3.63, 3.8) is 0 Å². The number of hydrogen-bond acceptors (Lipinski definition) is 11. The van der Waals surface area contributed by atoms with Gasteiger partial charge in [0.25, 0.3) is 0 Å². The van der Waals surface area contributed by atoms with Gasteiger partial charge in [-0.25, -0.2) is 4.79 Å². The molecule has 0 aromatic heterocycles. The molecule has 0 amide bonds. The molecule has 1 heterocycles. The molecule has 0 spiro atoms. The first-order valence-corrected chi connectivity index (χ1v) is 33.6. The summed E-state index contributed by atoms with van der Waals surface area (Å²) in [4.78, 5) is 51.4. The van der Waals surface area contributed by atoms with Gasteiger partial charge in [-0.2, -0.15) is 0 Å². The maximum absolute atomic E-state index is 13.2. The van der Waals surface area contributed by atoms with Crippen molar-refractivity contribution in [1.29, 1.82) is 0 Å². The minimum atomic E-state index is -1.91. The molecule has 0 aliphatic carbocycles. The third kappa shape index (κ3) is 47.8. The second kappa shape index (κ2) is 58.3. The Morgan fingerprint density at radius 1 is 0.410 bits per heavy atom. The van der Waals surface area contributed by atoms with Gasteiger partial charge in [0.1, 0.15) is 18.8 Å². The van der Waals surface area contributed by atoms with Gasteiger partial charge in [0, 0.05) is 19.3 Å². The first-order chi connectivity index (χ1) is 40.6. The van der Waals surface area contributed by atoms with Crippen LogP contribution >= 0.6 is 0 Å². The van der Waals surface area contributed by atoms with Crippen LogP contribution < -0.4 is 0 Å². The Balaban J connectivity index is 2.67. The van der Waals surface area contributed by atoms with Crippen molar-refractivity contribution in [3.8, 4) is 0 Å². The van der Waals surface area contributed by atoms with E-state index in [1.54, 1.807) is 0 Å². The number of aliphatic hydroxyl groups is 2. The zero-order chi connectivity index (χ0) is 60.3. The molecule has 12 nitrogen and oxygen atoms in total. The van der Waals surface area contributed by atoms with E-state index in [1.165, 1.54) is 103 Å². The van der Waals surface area contributed by atoms with Gasteiger partial charge in [0.2, 0.25) is 0 Å². The molecule has 1 saturated heterocycles. The van der Waals surface area contributed by atoms with E-state index in [2.05, 4.69) is 106 Å². The normalized spacial score (nSPS) is 18.1. The Bertz CT molecular complexity index is 1760. The van der Waals surface area contributed by atoms with Crippen LogP contribution in [0.15, 0.2) is 85.1 Å². The number of ether oxygens (including phenoxy) is 5. The molecule has 0 aromatic rings. The number of carbonyl (C=O) groups excluding carboxylic acids is 3. The lowest BCUT2D eigenvalue weighted by molar-refractivity contribution is -0.301. The van der Waals surface area contributed by atoms with Crippen LogP contribution in [0.3, 0.4) is 0 Å². The van der Waals surface area contributed by atoms with E-state index in [9.17, 15) is 34.5 Å². The summed E-state index contributed by atoms with van der Waals surface area (Å²) in [6.07, 6.45) is 63.9. The molecule has 1 fully saturated rings. The van der Waals surface area contributed by atoms with Gasteiger partial charge in [-0.1, -0.05) is 241 Å². The summed E-state index contributed by atoms with van der Waals surface area (Å²) in [5.74, 6) is -3.15. The predicted octanol–water partition coefficient (Wildman–Crippen LogP) is 18.2. The molecule has 0 bridgehead atoms. The van der Waals surface area contributed by atoms with Crippen molar-refractivity contribution in [1.82, 2.24) is 0 Å². The van der Waals surface area contributed by atoms with Crippen LogP contribution in [0, 0.1) is 0 Å². The van der Waals surface area contributed by atoms with Gasteiger partial charge in [-0.05, 0) is 116 Å². The van der Waals surface area contributed by atoms with E-state index < -0.39 is 67.3 Å². The number of unbranched alkanes of at least 4 members (excludes halogenated alkanes) is 29. The smallest absolute Gasteiger partial charge is 0.335 e. The Morgan fingerprint density at radius 3 is 1.19 bits per heavy atom. The molecule has 0 aromatic carbocycles. The third-order valence-electron chi connectivity index (χ3n) is 14.9. The lowest BCUT2D eigenvalue weighted by Gasteiger charge is -2.40. The zero-order valence-corrected chi connectivity index (χ0v) is 52.7. The molecule has 83 heavy (non-hydrogen) atoms. The maximum atomic E-state index is 13.2. The number of hydrogen-bond donors (Lipinski definition) is 3. The number of allylic oxidation sites excluding steroid dienone is 14. The molecule has 6 unspecified atom stereocenters. The molecule has 1 rings (SSSR count). The zero-order valence-electron chi connectivity index (χ0n) is 52.7. The molecule has 12 heteroatoms. The first-order valence-electron chi connectivity index (χ1n) is 33.6. The van der Waals surface area contributed by atoms with Crippen LogP contribution in [-0.4, -0.2) is 89.2 Å². The predicted molar refractivity (Wildman–Crippen MR) is 340 cm³/mol. The Labute approximate surface area is 505 Å². The van der Waals surface area contributed by atoms with Crippen molar-refractivity contribution < 1.29 is 58.2 Å². The van der Waals surface area contributed by atoms with Gasteiger partial charge in [0.05, 0.1) is 6.61 Å². The number of rotatable bonds is 57. The summed E-state index contributed by atoms with van der Waals surface area (Å²) in [6.45, 7) is 5.86. The number of carbonyl (C=O) groups is 4. The average Bonchev–Trinajstić information content (AvgIpc) is 3.57. The molecule has 0 saturated carbocycles. The summed E-state index contributed by atoms with van der Waals surface area (Å²) in [6, 6.07) is 0. The van der Waals surface area contributed by atoms with E-state index in [0.717, 1.165) is 128 Å². The molecular weight excluding hydrogens is 1040 g/mol. The molecule has 3 N–H and O–H groups in total. The lowest BCUT2D eigenvalue weighted by atomic mass is 9.98. The summed E-state index contributed by atoms with van der Waals surface area (Å²) in [7, 11) is 0. The first kappa shape index (κ1) is 76.9. The molecule has 6 atom stereocenters. The van der Waals surface area contributed by atoms with Crippen molar-refractivity contribution in [3.05, 3.63) is 85.1 Å². The van der Waals surface area contributed by atoms with Crippen LogP contribution in [-0.2, 0) is 42.9 Å². The lowest BCUT2D eigenvalue weighted by Crippen LogP contribution is -2.61. The topological polar surface area (TPSA) is 175 Å². The Morgan fingerprint density at radius 2 is 0.759 bits per heavy atom. The Hall–Kier alpha value is -4.10. The van der Waals surface area contributed by atoms with Crippen LogP contribution in [0.5, 0.6) is 0 Å². The van der Waals surface area contributed by atoms with Crippen LogP contribution in [0.4, 0.5) is 0 Å². The second-order valence-corrected chi connectivity index (χ2v) is 22.7. The highest BCUT2D eigenvalue weighted by molar-refractivity contribution is 5.74. The minimum absolute atomic E-state index is 0.0373. The van der Waals surface area contributed by atoms with Gasteiger partial charge in [-0.3, -0.25) is 14.4 Å². The number of aliphatic hydroxyl groups excluding tert-OH is 2. The van der Waals surface area contributed by atoms with E-state index in [4.69, 9.17) is 23.7 Å². The van der Waals surface area contributed by atoms with E-state index in [1.807, 2.05) is 0 Å². The standard InChI is InChI=1S/C71H120O12/c1-4-7-10-13-16-19-22-25-28-30-32-34-37-39-42-45-48-51-54-57-63(72)79-60-62(81-64(73)58-55-52-49-46-43-41-38-35-33-31-29-26-23-20-17-14-11-8-5-2)61-80-71-69(67(76)66(75)68(83-71)70(77)78)82-65(74)59-56-53-50-47-44-40-36-27-24-21-18-15-12-9-6-3/h9,12,16,18-19,21,25-29,32,34,36,62,66-69,71,75-76H,4-8,10-11,13-15,17,20,22-24,30-31,33,35,37-61H2,1-3H3,(H,77,78)/b12-9-,19-16-,21-18-,28-25-,29-26-,34-32-,36-27-. The van der Waals surface area contributed by atoms with Crippen LogP contribution in [0.1, 0.15) is 290 Å². The van der Waals surface area contributed by atoms with Gasteiger partial charge in [-0.15, -0.1) is 0 Å². The Kier molecular flexibility index (Phi) is 54.0. The molecule has 1 aliphatic rings. The van der Waals surface area contributed by atoms with E-state index in [-0.39, 0.29) is 25.9 Å². The second-order valence-electron chi connectivity index (χ2n) is 22.7. The minimum Gasteiger partial charge on any atom is -0.479 e. The fraction of sp³-hybridized carbons (Fsp3) is 0.746. The van der Waals surface area contributed by atoms with Crippen molar-refractivity contribution in [2.24, 2.45) is 0 Å². The van der Waals surface area contributed by atoms with Gasteiger partial charge >= 0.3 is 23.9 Å². The molecule has 1 aliphatic heterocycles. The number of carboxylic acid groups (broad SMARTS) is 1. The quantitative estimate of drug-likeness (QED) is 0.0228. The SMILES string of the molecule is CC/C=C\C/C=C\C/C=C\CCCCCCCC(=O)OC1C(OCC(COC(=O)CCCCCCCC/C=C\C/C=C\C/C=C\CCCCC)OC(=O)CCCCCCCCCCC/C=C\CCCCCCCC)OC(C(=O)O)C(O)C1O. The highest BCUT2D eigenvalue weighted by atomic mass is 16.7. The number of esters is 3. The number of aliphatic carboxylic acids is 1. The van der Waals surface area contributed by atoms with Crippen LogP contribution in [0.25, 0.3) is 0 Å². The summed E-state index contributed by atoms with van der Waals surface area (Å²) < 4.78 is 28.5. The average molecular weight is 1170 g/mol. The fourth-order valence-electron chi connectivity index (χ4n) is 9.80. The summed E-state index contributed by atoms with van der Waals surface area (Å²) >= 11 is 0. The molecule has 476 valence electrons. The highest BCUT2D eigenvalue weighted by Crippen LogP contribution is 2.27. The summed E-state index contributed by atoms with van der Waals surface area (Å²) in [5.41, 5.74) is 0. The number of carboxylic acids is 1. The summed E-state index contributed by atoms with van der Waals surface area (Å²) in [5, 5.41) is 31.6. The van der Waals surface area contributed by atoms with Gasteiger partial charge in [0.15, 0.2) is 24.6 Å². The largest absolute Gasteiger partial charge is 0.479 e. The van der Waals surface area contributed by atoms with E-state index in [0.29, 0.717) is 19.3 Å². The third-order valence-corrected chi connectivity index (χ3v) is 14.9. The van der Waals surface area contributed by atoms with Gasteiger partial charge < -0.3 is 39.0 Å².